The molecule has 1 atom stereocenters. The lowest BCUT2D eigenvalue weighted by molar-refractivity contribution is 0.0430. The highest BCUT2D eigenvalue weighted by atomic mass is 35.5. The average molecular weight is 323 g/mol. The second-order valence-corrected chi connectivity index (χ2v) is 7.62. The summed E-state index contributed by atoms with van der Waals surface area (Å²) >= 11 is 6.53. The fraction of sp³-hybridized carbons (Fsp3) is 0.667. The van der Waals surface area contributed by atoms with Crippen molar-refractivity contribution in [2.45, 2.75) is 39.2 Å². The van der Waals surface area contributed by atoms with Crippen LogP contribution in [0.1, 0.15) is 38.2 Å². The van der Waals surface area contributed by atoms with E-state index in [2.05, 4.69) is 28.9 Å². The molecule has 1 aromatic carbocycles. The zero-order valence-corrected chi connectivity index (χ0v) is 14.3. The summed E-state index contributed by atoms with van der Waals surface area (Å²) in [6.45, 7) is 7.68. The number of piperidine rings is 1. The van der Waals surface area contributed by atoms with Crippen LogP contribution in [0.5, 0.6) is 0 Å². The SMILES string of the molecule is CC1(CO)CCCN(Cc2c(Cl)cccc2N2CCCC2)C1. The van der Waals surface area contributed by atoms with Crippen LogP contribution in [0.25, 0.3) is 0 Å². The molecule has 1 N–H and O–H groups in total. The van der Waals surface area contributed by atoms with Crippen LogP contribution in [-0.2, 0) is 6.54 Å². The first-order valence-corrected chi connectivity index (χ1v) is 8.85. The molecule has 1 unspecified atom stereocenters. The van der Waals surface area contributed by atoms with Gasteiger partial charge in [-0.1, -0.05) is 24.6 Å². The number of aliphatic hydroxyl groups is 1. The van der Waals surface area contributed by atoms with Crippen LogP contribution in [0.2, 0.25) is 5.02 Å². The van der Waals surface area contributed by atoms with Gasteiger partial charge in [-0.05, 0) is 44.4 Å². The fourth-order valence-corrected chi connectivity index (χ4v) is 4.10. The molecule has 0 spiro atoms. The van der Waals surface area contributed by atoms with Crippen LogP contribution in [0, 0.1) is 5.41 Å². The molecule has 0 bridgehead atoms. The molecule has 122 valence electrons. The minimum absolute atomic E-state index is 0.0350. The summed E-state index contributed by atoms with van der Waals surface area (Å²) in [7, 11) is 0. The van der Waals surface area contributed by atoms with Crippen molar-refractivity contribution in [3.63, 3.8) is 0 Å². The van der Waals surface area contributed by atoms with Gasteiger partial charge in [-0.2, -0.15) is 0 Å². The van der Waals surface area contributed by atoms with Crippen molar-refractivity contribution in [3.8, 4) is 0 Å². The summed E-state index contributed by atoms with van der Waals surface area (Å²) in [6, 6.07) is 6.28. The summed E-state index contributed by atoms with van der Waals surface area (Å²) in [5.41, 5.74) is 2.60. The summed E-state index contributed by atoms with van der Waals surface area (Å²) in [5, 5.41) is 10.5. The Balaban J connectivity index is 1.79. The molecule has 4 heteroatoms. The third kappa shape index (κ3) is 3.42. The van der Waals surface area contributed by atoms with Crippen molar-refractivity contribution in [1.82, 2.24) is 4.90 Å². The topological polar surface area (TPSA) is 26.7 Å². The molecule has 2 aliphatic heterocycles. The Hall–Kier alpha value is -0.770. The van der Waals surface area contributed by atoms with Crippen molar-refractivity contribution >= 4 is 17.3 Å². The maximum Gasteiger partial charge on any atom is 0.0497 e. The van der Waals surface area contributed by atoms with E-state index in [1.165, 1.54) is 24.1 Å². The number of anilines is 1. The van der Waals surface area contributed by atoms with Gasteiger partial charge in [0.2, 0.25) is 0 Å². The molecule has 1 aromatic rings. The number of benzene rings is 1. The van der Waals surface area contributed by atoms with Gasteiger partial charge in [-0.15, -0.1) is 0 Å². The maximum absolute atomic E-state index is 9.65. The van der Waals surface area contributed by atoms with E-state index < -0.39 is 0 Å². The van der Waals surface area contributed by atoms with Crippen molar-refractivity contribution in [2.75, 3.05) is 37.7 Å². The second kappa shape index (κ2) is 6.77. The highest BCUT2D eigenvalue weighted by Crippen LogP contribution is 2.34. The van der Waals surface area contributed by atoms with Gasteiger partial charge in [0.05, 0.1) is 0 Å². The molecule has 2 aliphatic rings. The largest absolute Gasteiger partial charge is 0.396 e. The van der Waals surface area contributed by atoms with E-state index in [1.807, 2.05) is 6.07 Å². The molecule has 2 saturated heterocycles. The molecular weight excluding hydrogens is 296 g/mol. The van der Waals surface area contributed by atoms with Gasteiger partial charge in [0.1, 0.15) is 0 Å². The van der Waals surface area contributed by atoms with Crippen LogP contribution in [0.15, 0.2) is 18.2 Å². The molecule has 0 radical (unpaired) electrons. The summed E-state index contributed by atoms with van der Waals surface area (Å²) < 4.78 is 0. The number of nitrogens with zero attached hydrogens (tertiary/aromatic N) is 2. The number of hydrogen-bond donors (Lipinski definition) is 1. The van der Waals surface area contributed by atoms with Crippen molar-refractivity contribution in [2.24, 2.45) is 5.41 Å². The lowest BCUT2D eigenvalue weighted by Crippen LogP contribution is -2.43. The molecule has 0 aliphatic carbocycles. The molecule has 2 heterocycles. The summed E-state index contributed by atoms with van der Waals surface area (Å²) in [4.78, 5) is 4.93. The Morgan fingerprint density at radius 2 is 1.95 bits per heavy atom. The van der Waals surface area contributed by atoms with Gasteiger partial charge >= 0.3 is 0 Å². The number of likely N-dealkylation sites (tertiary alicyclic amines) is 1. The maximum atomic E-state index is 9.65. The summed E-state index contributed by atoms with van der Waals surface area (Å²) in [6.07, 6.45) is 4.82. The normalized spacial score (nSPS) is 26.6. The lowest BCUT2D eigenvalue weighted by Gasteiger charge is -2.40. The van der Waals surface area contributed by atoms with Gasteiger partial charge < -0.3 is 10.0 Å². The number of rotatable bonds is 4. The molecule has 0 aromatic heterocycles. The monoisotopic (exact) mass is 322 g/mol. The molecule has 22 heavy (non-hydrogen) atoms. The third-order valence-electron chi connectivity index (χ3n) is 5.16. The zero-order valence-electron chi connectivity index (χ0n) is 13.5. The van der Waals surface area contributed by atoms with E-state index in [0.29, 0.717) is 0 Å². The molecule has 0 saturated carbocycles. The first-order chi connectivity index (χ1) is 10.6. The average Bonchev–Trinajstić information content (AvgIpc) is 3.04. The highest BCUT2D eigenvalue weighted by Gasteiger charge is 2.31. The van der Waals surface area contributed by atoms with E-state index >= 15 is 0 Å². The Morgan fingerprint density at radius 3 is 2.68 bits per heavy atom. The number of halogens is 1. The van der Waals surface area contributed by atoms with Crippen LogP contribution in [-0.4, -0.2) is 42.8 Å². The third-order valence-corrected chi connectivity index (χ3v) is 5.52. The van der Waals surface area contributed by atoms with E-state index in [4.69, 9.17) is 11.6 Å². The van der Waals surface area contributed by atoms with Gasteiger partial charge in [-0.3, -0.25) is 4.90 Å². The van der Waals surface area contributed by atoms with Crippen LogP contribution in [0.3, 0.4) is 0 Å². The first kappa shape index (κ1) is 16.1. The molecule has 0 amide bonds. The minimum Gasteiger partial charge on any atom is -0.396 e. The number of hydrogen-bond acceptors (Lipinski definition) is 3. The molecule has 3 nitrogen and oxygen atoms in total. The van der Waals surface area contributed by atoms with E-state index in [0.717, 1.165) is 50.6 Å². The highest BCUT2D eigenvalue weighted by molar-refractivity contribution is 6.31. The quantitative estimate of drug-likeness (QED) is 0.918. The van der Waals surface area contributed by atoms with Crippen molar-refractivity contribution in [1.29, 1.82) is 0 Å². The Kier molecular flexibility index (Phi) is 4.96. The van der Waals surface area contributed by atoms with Crippen LogP contribution < -0.4 is 4.90 Å². The second-order valence-electron chi connectivity index (χ2n) is 7.21. The minimum atomic E-state index is 0.0350. The standard InChI is InChI=1S/C18H27ClN2O/c1-18(14-22)8-5-9-20(13-18)12-15-16(19)6-4-7-17(15)21-10-2-3-11-21/h4,6-7,22H,2-3,5,8-14H2,1H3. The van der Waals surface area contributed by atoms with Crippen molar-refractivity contribution in [3.05, 3.63) is 28.8 Å². The van der Waals surface area contributed by atoms with E-state index in [1.54, 1.807) is 0 Å². The predicted octanol–water partition coefficient (Wildman–Crippen LogP) is 3.53. The lowest BCUT2D eigenvalue weighted by atomic mass is 9.82. The van der Waals surface area contributed by atoms with Gasteiger partial charge in [-0.25, -0.2) is 0 Å². The van der Waals surface area contributed by atoms with Crippen LogP contribution >= 0.6 is 11.6 Å². The van der Waals surface area contributed by atoms with E-state index in [-0.39, 0.29) is 12.0 Å². The van der Waals surface area contributed by atoms with E-state index in [9.17, 15) is 5.11 Å². The van der Waals surface area contributed by atoms with Gasteiger partial charge in [0.15, 0.2) is 0 Å². The molecule has 3 rings (SSSR count). The Morgan fingerprint density at radius 1 is 1.18 bits per heavy atom. The van der Waals surface area contributed by atoms with Crippen molar-refractivity contribution < 1.29 is 5.11 Å². The predicted molar refractivity (Wildman–Crippen MR) is 92.6 cm³/mol. The smallest absolute Gasteiger partial charge is 0.0497 e. The van der Waals surface area contributed by atoms with Gasteiger partial charge in [0.25, 0.3) is 0 Å². The Bertz CT molecular complexity index is 516. The zero-order chi connectivity index (χ0) is 15.6. The first-order valence-electron chi connectivity index (χ1n) is 8.47. The number of aliphatic hydroxyl groups excluding tert-OH is 1. The molecule has 2 fully saturated rings. The summed E-state index contributed by atoms with van der Waals surface area (Å²) in [5.74, 6) is 0. The van der Waals surface area contributed by atoms with Crippen LogP contribution in [0.4, 0.5) is 5.69 Å². The Labute approximate surface area is 138 Å². The van der Waals surface area contributed by atoms with Gasteiger partial charge in [0, 0.05) is 54.5 Å². The molecular formula is C18H27ClN2O. The fourth-order valence-electron chi connectivity index (χ4n) is 3.87.